The molecule has 1 heterocycles. The second kappa shape index (κ2) is 7.28. The Balaban J connectivity index is 1.83. The number of hydrogen-bond acceptors (Lipinski definition) is 5. The molecule has 4 amide bonds. The van der Waals surface area contributed by atoms with Crippen LogP contribution in [-0.2, 0) is 19.1 Å². The largest absolute Gasteiger partial charge is 0.454 e. The first kappa shape index (κ1) is 19.0. The average molecular weight is 388 g/mol. The number of nitrogens with zero attached hydrogens (tertiary/aromatic N) is 1. The van der Waals surface area contributed by atoms with Crippen LogP contribution >= 0.6 is 23.2 Å². The molecule has 0 aliphatic carbocycles. The number of carbonyl (C=O) groups is 4. The minimum atomic E-state index is -1.08. The maximum atomic E-state index is 11.9. The molecule has 1 aromatic carbocycles. The van der Waals surface area contributed by atoms with Crippen molar-refractivity contribution in [2.75, 3.05) is 18.5 Å². The number of urea groups is 1. The number of benzene rings is 1. The monoisotopic (exact) mass is 387 g/mol. The molecule has 1 aliphatic heterocycles. The zero-order chi connectivity index (χ0) is 18.8. The van der Waals surface area contributed by atoms with Crippen LogP contribution in [0, 0.1) is 0 Å². The molecular weight excluding hydrogens is 373 g/mol. The number of anilines is 1. The fraction of sp³-hybridized carbons (Fsp3) is 0.333. The summed E-state index contributed by atoms with van der Waals surface area (Å²) in [6.45, 7) is 1.88. The predicted molar refractivity (Wildman–Crippen MR) is 90.4 cm³/mol. The molecule has 0 spiro atoms. The van der Waals surface area contributed by atoms with E-state index in [1.807, 2.05) is 0 Å². The third kappa shape index (κ3) is 4.61. The molecule has 0 unspecified atom stereocenters. The Morgan fingerprint density at radius 1 is 1.24 bits per heavy atom. The summed E-state index contributed by atoms with van der Waals surface area (Å²) in [7, 11) is 0. The third-order valence-corrected chi connectivity index (χ3v) is 4.04. The first-order valence-electron chi connectivity index (χ1n) is 7.15. The molecule has 0 radical (unpaired) electrons. The first-order chi connectivity index (χ1) is 11.6. The molecule has 1 aliphatic rings. The summed E-state index contributed by atoms with van der Waals surface area (Å²) in [5.41, 5.74) is -0.700. The Hall–Kier alpha value is -2.32. The van der Waals surface area contributed by atoms with Crippen molar-refractivity contribution in [1.82, 2.24) is 10.2 Å². The molecule has 0 bridgehead atoms. The number of hydrogen-bond donors (Lipinski definition) is 2. The fourth-order valence-electron chi connectivity index (χ4n) is 2.05. The van der Waals surface area contributed by atoms with Gasteiger partial charge in [-0.3, -0.25) is 19.3 Å². The Labute approximate surface area is 153 Å². The van der Waals surface area contributed by atoms with Crippen molar-refractivity contribution < 1.29 is 23.9 Å². The molecule has 8 nitrogen and oxygen atoms in total. The predicted octanol–water partition coefficient (Wildman–Crippen LogP) is 1.81. The van der Waals surface area contributed by atoms with E-state index in [2.05, 4.69) is 10.6 Å². The fourth-order valence-corrected chi connectivity index (χ4v) is 2.35. The second-order valence-electron chi connectivity index (χ2n) is 5.78. The number of ether oxygens (including phenoxy) is 1. The zero-order valence-corrected chi connectivity index (χ0v) is 14.9. The molecule has 2 N–H and O–H groups in total. The van der Waals surface area contributed by atoms with Crippen LogP contribution in [0.25, 0.3) is 0 Å². The van der Waals surface area contributed by atoms with Gasteiger partial charge in [-0.15, -0.1) is 0 Å². The zero-order valence-electron chi connectivity index (χ0n) is 13.4. The van der Waals surface area contributed by atoms with Gasteiger partial charge in [-0.2, -0.15) is 0 Å². The lowest BCUT2D eigenvalue weighted by atomic mass is 10.1. The number of nitrogens with one attached hydrogen (secondary N) is 2. The molecule has 10 heteroatoms. The van der Waals surface area contributed by atoms with E-state index in [4.69, 9.17) is 27.9 Å². The summed E-state index contributed by atoms with van der Waals surface area (Å²) in [5, 5.41) is 5.50. The highest BCUT2D eigenvalue weighted by molar-refractivity contribution is 6.42. The van der Waals surface area contributed by atoms with E-state index < -0.39 is 42.5 Å². The summed E-state index contributed by atoms with van der Waals surface area (Å²) in [6, 6.07) is 3.79. The summed E-state index contributed by atoms with van der Waals surface area (Å²) in [4.78, 5) is 47.8. The highest BCUT2D eigenvalue weighted by atomic mass is 35.5. The quantitative estimate of drug-likeness (QED) is 0.591. The van der Waals surface area contributed by atoms with E-state index in [0.29, 0.717) is 10.7 Å². The summed E-state index contributed by atoms with van der Waals surface area (Å²) in [6.07, 6.45) is 0. The van der Waals surface area contributed by atoms with E-state index in [1.54, 1.807) is 0 Å². The summed E-state index contributed by atoms with van der Waals surface area (Å²) in [5.74, 6) is -2.04. The molecule has 1 fully saturated rings. The van der Waals surface area contributed by atoms with Gasteiger partial charge in [0.25, 0.3) is 11.8 Å². The standard InChI is InChI=1S/C15H15Cl2N3O5/c1-15(2)13(23)20(14(24)19-15)6-12(22)25-7-11(21)18-8-3-4-9(16)10(17)5-8/h3-5H,6-7H2,1-2H3,(H,18,21)(H,19,24). The van der Waals surface area contributed by atoms with E-state index in [0.717, 1.165) is 4.90 Å². The van der Waals surface area contributed by atoms with Gasteiger partial charge in [0, 0.05) is 5.69 Å². The topological polar surface area (TPSA) is 105 Å². The van der Waals surface area contributed by atoms with Crippen LogP contribution in [0.2, 0.25) is 10.0 Å². The number of carbonyl (C=O) groups excluding carboxylic acids is 4. The van der Waals surface area contributed by atoms with Crippen molar-refractivity contribution in [2.45, 2.75) is 19.4 Å². The van der Waals surface area contributed by atoms with Gasteiger partial charge >= 0.3 is 12.0 Å². The second-order valence-corrected chi connectivity index (χ2v) is 6.60. The van der Waals surface area contributed by atoms with Crippen LogP contribution < -0.4 is 10.6 Å². The van der Waals surface area contributed by atoms with Crippen LogP contribution in [0.3, 0.4) is 0 Å². The van der Waals surface area contributed by atoms with Gasteiger partial charge in [-0.1, -0.05) is 23.2 Å². The maximum Gasteiger partial charge on any atom is 0.326 e. The number of amides is 4. The van der Waals surface area contributed by atoms with Crippen LogP contribution in [0.5, 0.6) is 0 Å². The third-order valence-electron chi connectivity index (χ3n) is 3.30. The lowest BCUT2D eigenvalue weighted by Gasteiger charge is -2.15. The maximum absolute atomic E-state index is 11.9. The highest BCUT2D eigenvalue weighted by Crippen LogP contribution is 2.24. The number of halogens is 2. The normalized spacial score (nSPS) is 15.8. The minimum Gasteiger partial charge on any atom is -0.454 e. The van der Waals surface area contributed by atoms with Gasteiger partial charge < -0.3 is 15.4 Å². The van der Waals surface area contributed by atoms with Crippen molar-refractivity contribution in [1.29, 1.82) is 0 Å². The molecule has 0 aromatic heterocycles. The van der Waals surface area contributed by atoms with Crippen molar-refractivity contribution in [2.24, 2.45) is 0 Å². The lowest BCUT2D eigenvalue weighted by molar-refractivity contribution is -0.150. The van der Waals surface area contributed by atoms with Gasteiger partial charge in [0.1, 0.15) is 12.1 Å². The van der Waals surface area contributed by atoms with Gasteiger partial charge in [0.15, 0.2) is 6.61 Å². The number of imide groups is 1. The SMILES string of the molecule is CC1(C)NC(=O)N(CC(=O)OCC(=O)Nc2ccc(Cl)c(Cl)c2)C1=O. The Kier molecular flexibility index (Phi) is 5.54. The van der Waals surface area contributed by atoms with E-state index in [9.17, 15) is 19.2 Å². The van der Waals surface area contributed by atoms with Crippen LogP contribution in [0.15, 0.2) is 18.2 Å². The Bertz CT molecular complexity index is 751. The molecule has 1 saturated heterocycles. The molecule has 0 atom stereocenters. The molecule has 1 aromatic rings. The van der Waals surface area contributed by atoms with Crippen molar-refractivity contribution in [3.8, 4) is 0 Å². The molecule has 2 rings (SSSR count). The van der Waals surface area contributed by atoms with Crippen LogP contribution in [0.1, 0.15) is 13.8 Å². The van der Waals surface area contributed by atoms with Crippen LogP contribution in [-0.4, -0.2) is 47.4 Å². The van der Waals surface area contributed by atoms with Crippen LogP contribution in [0.4, 0.5) is 10.5 Å². The van der Waals surface area contributed by atoms with E-state index in [1.165, 1.54) is 32.0 Å². The van der Waals surface area contributed by atoms with Crippen molar-refractivity contribution >= 4 is 52.7 Å². The Morgan fingerprint density at radius 2 is 1.92 bits per heavy atom. The number of esters is 1. The van der Waals surface area contributed by atoms with Gasteiger partial charge in [0.05, 0.1) is 10.0 Å². The molecular formula is C15H15Cl2N3O5. The highest BCUT2D eigenvalue weighted by Gasteiger charge is 2.45. The molecule has 25 heavy (non-hydrogen) atoms. The Morgan fingerprint density at radius 3 is 2.48 bits per heavy atom. The minimum absolute atomic E-state index is 0.262. The van der Waals surface area contributed by atoms with Gasteiger partial charge in [-0.05, 0) is 32.0 Å². The number of rotatable bonds is 5. The smallest absolute Gasteiger partial charge is 0.326 e. The molecule has 134 valence electrons. The van der Waals surface area contributed by atoms with Crippen molar-refractivity contribution in [3.63, 3.8) is 0 Å². The van der Waals surface area contributed by atoms with Crippen molar-refractivity contribution in [3.05, 3.63) is 28.2 Å². The summed E-state index contributed by atoms with van der Waals surface area (Å²) >= 11 is 11.6. The first-order valence-corrected chi connectivity index (χ1v) is 7.90. The summed E-state index contributed by atoms with van der Waals surface area (Å²) < 4.78 is 4.77. The van der Waals surface area contributed by atoms with Gasteiger partial charge in [0.2, 0.25) is 0 Å². The molecule has 0 saturated carbocycles. The van der Waals surface area contributed by atoms with E-state index >= 15 is 0 Å². The van der Waals surface area contributed by atoms with E-state index in [-0.39, 0.29) is 5.02 Å². The van der Waals surface area contributed by atoms with Gasteiger partial charge in [-0.25, -0.2) is 4.79 Å². The lowest BCUT2D eigenvalue weighted by Crippen LogP contribution is -2.41. The average Bonchev–Trinajstić information content (AvgIpc) is 2.71.